The molecule has 0 aromatic carbocycles. The van der Waals surface area contributed by atoms with Gasteiger partial charge < -0.3 is 5.73 Å². The minimum atomic E-state index is 0.426. The molecule has 14 heavy (non-hydrogen) atoms. The van der Waals surface area contributed by atoms with E-state index in [1.165, 1.54) is 44.3 Å². The second-order valence-electron chi connectivity index (χ2n) is 4.75. The summed E-state index contributed by atoms with van der Waals surface area (Å²) in [5.41, 5.74) is 6.11. The summed E-state index contributed by atoms with van der Waals surface area (Å²) in [5.74, 6) is 1.98. The van der Waals surface area contributed by atoms with Crippen LogP contribution in [-0.2, 0) is 0 Å². The minimum absolute atomic E-state index is 0.426. The molecular formula is C12H25NS. The molecule has 1 aliphatic rings. The fraction of sp³-hybridized carbons (Fsp3) is 1.00. The van der Waals surface area contributed by atoms with Gasteiger partial charge in [0.25, 0.3) is 0 Å². The Kier molecular flexibility index (Phi) is 5.95. The van der Waals surface area contributed by atoms with Crippen molar-refractivity contribution in [2.24, 2.45) is 11.7 Å². The Morgan fingerprint density at radius 3 is 2.57 bits per heavy atom. The highest BCUT2D eigenvalue weighted by molar-refractivity contribution is 7.99. The quantitative estimate of drug-likeness (QED) is 0.734. The summed E-state index contributed by atoms with van der Waals surface area (Å²) >= 11 is 2.12. The molecule has 1 nitrogen and oxygen atoms in total. The second kappa shape index (κ2) is 6.73. The molecular weight excluding hydrogens is 190 g/mol. The third-order valence-corrected chi connectivity index (χ3v) is 4.81. The van der Waals surface area contributed by atoms with Crippen molar-refractivity contribution in [3.63, 3.8) is 0 Å². The Morgan fingerprint density at radius 1 is 1.36 bits per heavy atom. The van der Waals surface area contributed by atoms with Gasteiger partial charge in [-0.15, -0.1) is 0 Å². The largest absolute Gasteiger partial charge is 0.327 e. The second-order valence-corrected chi connectivity index (χ2v) is 6.08. The van der Waals surface area contributed by atoms with Crippen molar-refractivity contribution in [2.45, 2.75) is 63.7 Å². The van der Waals surface area contributed by atoms with Crippen molar-refractivity contribution < 1.29 is 0 Å². The minimum Gasteiger partial charge on any atom is -0.327 e. The summed E-state index contributed by atoms with van der Waals surface area (Å²) in [6.45, 7) is 4.56. The van der Waals surface area contributed by atoms with Gasteiger partial charge >= 0.3 is 0 Å². The van der Waals surface area contributed by atoms with Crippen LogP contribution >= 0.6 is 11.8 Å². The molecule has 0 radical (unpaired) electrons. The summed E-state index contributed by atoms with van der Waals surface area (Å²) in [6.07, 6.45) is 8.22. The lowest BCUT2D eigenvalue weighted by atomic mass is 10.0. The van der Waals surface area contributed by atoms with E-state index >= 15 is 0 Å². The lowest BCUT2D eigenvalue weighted by Crippen LogP contribution is -2.26. The molecule has 0 aromatic heterocycles. The average Bonchev–Trinajstić information content (AvgIpc) is 2.67. The first-order chi connectivity index (χ1) is 6.72. The summed E-state index contributed by atoms with van der Waals surface area (Å²) < 4.78 is 0. The molecule has 2 N–H and O–H groups in total. The molecule has 1 aliphatic carbocycles. The van der Waals surface area contributed by atoms with Crippen LogP contribution in [0.4, 0.5) is 0 Å². The Bertz CT molecular complexity index is 143. The molecule has 0 amide bonds. The van der Waals surface area contributed by atoms with E-state index in [9.17, 15) is 0 Å². The van der Waals surface area contributed by atoms with Crippen LogP contribution in [-0.4, -0.2) is 17.0 Å². The van der Waals surface area contributed by atoms with E-state index < -0.39 is 0 Å². The van der Waals surface area contributed by atoms with Crippen molar-refractivity contribution in [3.05, 3.63) is 0 Å². The first-order valence-electron chi connectivity index (χ1n) is 6.09. The van der Waals surface area contributed by atoms with Gasteiger partial charge in [0.2, 0.25) is 0 Å². The zero-order valence-corrected chi connectivity index (χ0v) is 10.5. The van der Waals surface area contributed by atoms with E-state index in [0.29, 0.717) is 6.04 Å². The van der Waals surface area contributed by atoms with Crippen molar-refractivity contribution in [1.29, 1.82) is 0 Å². The van der Waals surface area contributed by atoms with Gasteiger partial charge in [-0.2, -0.15) is 11.8 Å². The van der Waals surface area contributed by atoms with E-state index in [4.69, 9.17) is 5.73 Å². The third-order valence-electron chi connectivity index (χ3n) is 3.25. The molecule has 0 aromatic rings. The first kappa shape index (κ1) is 12.4. The van der Waals surface area contributed by atoms with Gasteiger partial charge in [0.05, 0.1) is 0 Å². The summed E-state index contributed by atoms with van der Waals surface area (Å²) in [5, 5.41) is 0.929. The van der Waals surface area contributed by atoms with Gasteiger partial charge in [0.1, 0.15) is 0 Å². The van der Waals surface area contributed by atoms with Crippen LogP contribution in [0.25, 0.3) is 0 Å². The van der Waals surface area contributed by atoms with Crippen LogP contribution in [0.15, 0.2) is 0 Å². The van der Waals surface area contributed by atoms with E-state index in [1.54, 1.807) is 0 Å². The highest BCUT2D eigenvalue weighted by atomic mass is 32.2. The summed E-state index contributed by atoms with van der Waals surface area (Å²) in [6, 6.07) is 0.426. The average molecular weight is 215 g/mol. The predicted octanol–water partition coefficient (Wildman–Crippen LogP) is 3.43. The van der Waals surface area contributed by atoms with Crippen LogP contribution in [0.5, 0.6) is 0 Å². The van der Waals surface area contributed by atoms with Gasteiger partial charge in [0.15, 0.2) is 0 Å². The van der Waals surface area contributed by atoms with Gasteiger partial charge in [-0.05, 0) is 25.2 Å². The molecule has 0 bridgehead atoms. The van der Waals surface area contributed by atoms with Crippen molar-refractivity contribution in [1.82, 2.24) is 0 Å². The molecule has 0 saturated heterocycles. The number of hydrogen-bond donors (Lipinski definition) is 1. The Hall–Kier alpha value is 0.310. The molecule has 1 fully saturated rings. The van der Waals surface area contributed by atoms with Crippen LogP contribution in [0, 0.1) is 5.92 Å². The maximum Gasteiger partial charge on any atom is 0.0133 e. The molecule has 2 atom stereocenters. The van der Waals surface area contributed by atoms with Crippen LogP contribution < -0.4 is 5.73 Å². The third kappa shape index (κ3) is 4.70. The van der Waals surface area contributed by atoms with Gasteiger partial charge in [0, 0.05) is 17.0 Å². The van der Waals surface area contributed by atoms with Gasteiger partial charge in [-0.1, -0.05) is 33.1 Å². The van der Waals surface area contributed by atoms with Crippen LogP contribution in [0.3, 0.4) is 0 Å². The summed E-state index contributed by atoms with van der Waals surface area (Å²) in [4.78, 5) is 0. The van der Waals surface area contributed by atoms with Crippen molar-refractivity contribution >= 4 is 11.8 Å². The molecule has 1 rings (SSSR count). The predicted molar refractivity (Wildman–Crippen MR) is 66.8 cm³/mol. The Balaban J connectivity index is 2.04. The molecule has 0 heterocycles. The number of rotatable bonds is 6. The van der Waals surface area contributed by atoms with Crippen LogP contribution in [0.2, 0.25) is 0 Å². The topological polar surface area (TPSA) is 26.0 Å². The van der Waals surface area contributed by atoms with Gasteiger partial charge in [-0.3, -0.25) is 0 Å². The van der Waals surface area contributed by atoms with Crippen molar-refractivity contribution in [2.75, 3.05) is 5.75 Å². The van der Waals surface area contributed by atoms with Gasteiger partial charge in [-0.25, -0.2) is 0 Å². The highest BCUT2D eigenvalue weighted by Gasteiger charge is 2.17. The molecule has 84 valence electrons. The normalized spacial score (nSPS) is 22.5. The van der Waals surface area contributed by atoms with Crippen molar-refractivity contribution in [3.8, 4) is 0 Å². The SMILES string of the molecule is CCC(C)CC(N)CSC1CCCC1. The number of thioether (sulfide) groups is 1. The Morgan fingerprint density at radius 2 is 2.00 bits per heavy atom. The monoisotopic (exact) mass is 215 g/mol. The lowest BCUT2D eigenvalue weighted by molar-refractivity contribution is 0.472. The smallest absolute Gasteiger partial charge is 0.0133 e. The van der Waals surface area contributed by atoms with E-state index in [1.807, 2.05) is 0 Å². The fourth-order valence-electron chi connectivity index (χ4n) is 2.07. The van der Waals surface area contributed by atoms with E-state index in [-0.39, 0.29) is 0 Å². The highest BCUT2D eigenvalue weighted by Crippen LogP contribution is 2.30. The van der Waals surface area contributed by atoms with E-state index in [0.717, 1.165) is 11.2 Å². The number of hydrogen-bond acceptors (Lipinski definition) is 2. The van der Waals surface area contributed by atoms with E-state index in [2.05, 4.69) is 25.6 Å². The molecule has 2 unspecified atom stereocenters. The summed E-state index contributed by atoms with van der Waals surface area (Å²) in [7, 11) is 0. The zero-order valence-electron chi connectivity index (χ0n) is 9.67. The first-order valence-corrected chi connectivity index (χ1v) is 7.14. The zero-order chi connectivity index (χ0) is 10.4. The molecule has 2 heteroatoms. The maximum absolute atomic E-state index is 6.11. The standard InChI is InChI=1S/C12H25NS/c1-3-10(2)8-11(13)9-14-12-6-4-5-7-12/h10-12H,3-9,13H2,1-2H3. The fourth-order valence-corrected chi connectivity index (χ4v) is 3.39. The molecule has 0 spiro atoms. The lowest BCUT2D eigenvalue weighted by Gasteiger charge is -2.17. The molecule has 0 aliphatic heterocycles. The Labute approximate surface area is 93.2 Å². The van der Waals surface area contributed by atoms with Crippen LogP contribution in [0.1, 0.15) is 52.4 Å². The maximum atomic E-state index is 6.11. The number of nitrogens with two attached hydrogens (primary N) is 1. The molecule has 1 saturated carbocycles.